The minimum absolute atomic E-state index is 0.530. The quantitative estimate of drug-likeness (QED) is 0.668. The summed E-state index contributed by atoms with van der Waals surface area (Å²) in [5, 5.41) is 1.16. The highest BCUT2D eigenvalue weighted by atomic mass is 79.9. The van der Waals surface area contributed by atoms with Gasteiger partial charge in [-0.25, -0.2) is 0 Å². The summed E-state index contributed by atoms with van der Waals surface area (Å²) in [6.45, 7) is 6.55. The van der Waals surface area contributed by atoms with Gasteiger partial charge in [-0.2, -0.15) is 0 Å². The van der Waals surface area contributed by atoms with Crippen molar-refractivity contribution >= 4 is 15.9 Å². The van der Waals surface area contributed by atoms with Gasteiger partial charge in [-0.05, 0) is 24.8 Å². The van der Waals surface area contributed by atoms with Gasteiger partial charge in [0.15, 0.2) is 0 Å². The molecule has 0 atom stereocenters. The fourth-order valence-corrected chi connectivity index (χ4v) is 3.42. The predicted molar refractivity (Wildman–Crippen MR) is 73.3 cm³/mol. The van der Waals surface area contributed by atoms with Crippen molar-refractivity contribution in [1.82, 2.24) is 4.90 Å². The zero-order chi connectivity index (χ0) is 11.9. The standard InChI is InChI=1S/C13H26BrNO/c1-3-15(9-10-16-2)12-13(11-14)7-5-4-6-8-13/h3-12H2,1-2H3. The third-order valence-electron chi connectivity index (χ3n) is 3.82. The smallest absolute Gasteiger partial charge is 0.0589 e. The van der Waals surface area contributed by atoms with Crippen molar-refractivity contribution in [3.63, 3.8) is 0 Å². The maximum atomic E-state index is 5.18. The Bertz CT molecular complexity index is 181. The minimum Gasteiger partial charge on any atom is -0.383 e. The molecule has 1 saturated carbocycles. The molecule has 2 nitrogen and oxygen atoms in total. The molecule has 0 radical (unpaired) electrons. The van der Waals surface area contributed by atoms with Crippen LogP contribution in [0.3, 0.4) is 0 Å². The fourth-order valence-electron chi connectivity index (χ4n) is 2.68. The van der Waals surface area contributed by atoms with E-state index in [1.807, 2.05) is 0 Å². The topological polar surface area (TPSA) is 12.5 Å². The maximum absolute atomic E-state index is 5.18. The summed E-state index contributed by atoms with van der Waals surface area (Å²) in [5.41, 5.74) is 0.530. The fraction of sp³-hybridized carbons (Fsp3) is 1.00. The molecule has 0 amide bonds. The van der Waals surface area contributed by atoms with Gasteiger partial charge in [0, 0.05) is 25.5 Å². The van der Waals surface area contributed by atoms with E-state index >= 15 is 0 Å². The third-order valence-corrected chi connectivity index (χ3v) is 5.01. The number of methoxy groups -OCH3 is 1. The first-order chi connectivity index (χ1) is 7.76. The molecule has 3 heteroatoms. The van der Waals surface area contributed by atoms with Crippen LogP contribution in [0, 0.1) is 5.41 Å². The van der Waals surface area contributed by atoms with Crippen molar-refractivity contribution in [3.8, 4) is 0 Å². The summed E-state index contributed by atoms with van der Waals surface area (Å²) in [6.07, 6.45) is 7.03. The number of rotatable bonds is 7. The molecule has 16 heavy (non-hydrogen) atoms. The van der Waals surface area contributed by atoms with Gasteiger partial charge < -0.3 is 9.64 Å². The van der Waals surface area contributed by atoms with Crippen LogP contribution < -0.4 is 0 Å². The second-order valence-electron chi connectivity index (χ2n) is 5.06. The molecule has 0 spiro atoms. The van der Waals surface area contributed by atoms with Crippen molar-refractivity contribution in [2.24, 2.45) is 5.41 Å². The Morgan fingerprint density at radius 1 is 1.25 bits per heavy atom. The first kappa shape index (κ1) is 14.5. The molecule has 0 bridgehead atoms. The van der Waals surface area contributed by atoms with Crippen LogP contribution in [0.25, 0.3) is 0 Å². The largest absolute Gasteiger partial charge is 0.383 e. The number of likely N-dealkylation sites (N-methyl/N-ethyl adjacent to an activating group) is 1. The lowest BCUT2D eigenvalue weighted by atomic mass is 9.75. The first-order valence-corrected chi connectivity index (χ1v) is 7.66. The van der Waals surface area contributed by atoms with Gasteiger partial charge in [0.2, 0.25) is 0 Å². The Morgan fingerprint density at radius 3 is 2.44 bits per heavy atom. The van der Waals surface area contributed by atoms with E-state index < -0.39 is 0 Å². The van der Waals surface area contributed by atoms with Gasteiger partial charge >= 0.3 is 0 Å². The van der Waals surface area contributed by atoms with E-state index in [0.717, 1.165) is 25.0 Å². The summed E-state index contributed by atoms with van der Waals surface area (Å²) in [5.74, 6) is 0. The zero-order valence-corrected chi connectivity index (χ0v) is 12.4. The van der Waals surface area contributed by atoms with Crippen molar-refractivity contribution in [2.45, 2.75) is 39.0 Å². The molecule has 1 fully saturated rings. The third kappa shape index (κ3) is 4.34. The van der Waals surface area contributed by atoms with E-state index in [9.17, 15) is 0 Å². The highest BCUT2D eigenvalue weighted by Gasteiger charge is 2.32. The highest BCUT2D eigenvalue weighted by Crippen LogP contribution is 2.38. The molecule has 0 aromatic heterocycles. The van der Waals surface area contributed by atoms with Crippen LogP contribution >= 0.6 is 15.9 Å². The van der Waals surface area contributed by atoms with Gasteiger partial charge in [0.1, 0.15) is 0 Å². The van der Waals surface area contributed by atoms with Gasteiger partial charge in [0.25, 0.3) is 0 Å². The summed E-state index contributed by atoms with van der Waals surface area (Å²) < 4.78 is 5.18. The Morgan fingerprint density at radius 2 is 1.94 bits per heavy atom. The maximum Gasteiger partial charge on any atom is 0.0589 e. The average molecular weight is 292 g/mol. The highest BCUT2D eigenvalue weighted by molar-refractivity contribution is 9.09. The second kappa shape index (κ2) is 7.67. The van der Waals surface area contributed by atoms with E-state index in [1.165, 1.54) is 38.6 Å². The zero-order valence-electron chi connectivity index (χ0n) is 10.8. The van der Waals surface area contributed by atoms with Crippen LogP contribution in [-0.4, -0.2) is 43.6 Å². The van der Waals surface area contributed by atoms with Gasteiger partial charge in [-0.15, -0.1) is 0 Å². The van der Waals surface area contributed by atoms with Crippen LogP contribution in [0.5, 0.6) is 0 Å². The molecule has 0 aliphatic heterocycles. The molecule has 0 unspecified atom stereocenters. The Hall–Kier alpha value is 0.400. The van der Waals surface area contributed by atoms with Gasteiger partial charge in [0.05, 0.1) is 6.61 Å². The normalized spacial score (nSPS) is 20.2. The molecular formula is C13H26BrNO. The van der Waals surface area contributed by atoms with Gasteiger partial charge in [-0.3, -0.25) is 0 Å². The number of nitrogens with zero attached hydrogens (tertiary/aromatic N) is 1. The lowest BCUT2D eigenvalue weighted by Gasteiger charge is -2.39. The van der Waals surface area contributed by atoms with Crippen LogP contribution in [0.4, 0.5) is 0 Å². The van der Waals surface area contributed by atoms with Gasteiger partial charge in [-0.1, -0.05) is 42.1 Å². The molecule has 96 valence electrons. The van der Waals surface area contributed by atoms with E-state index in [4.69, 9.17) is 4.74 Å². The molecule has 0 saturated heterocycles. The SMILES string of the molecule is CCN(CCOC)CC1(CBr)CCCCC1. The molecule has 0 N–H and O–H groups in total. The van der Waals surface area contributed by atoms with E-state index in [0.29, 0.717) is 5.41 Å². The number of halogens is 1. The van der Waals surface area contributed by atoms with Crippen molar-refractivity contribution < 1.29 is 4.74 Å². The summed E-state index contributed by atoms with van der Waals surface area (Å²) in [7, 11) is 1.79. The molecular weight excluding hydrogens is 266 g/mol. The average Bonchev–Trinajstić information content (AvgIpc) is 2.35. The molecule has 0 heterocycles. The number of hydrogen-bond acceptors (Lipinski definition) is 2. The Balaban J connectivity index is 2.45. The van der Waals surface area contributed by atoms with E-state index in [1.54, 1.807) is 7.11 Å². The summed E-state index contributed by atoms with van der Waals surface area (Å²) in [4.78, 5) is 2.54. The summed E-state index contributed by atoms with van der Waals surface area (Å²) >= 11 is 3.74. The number of ether oxygens (including phenoxy) is 1. The van der Waals surface area contributed by atoms with Crippen LogP contribution in [-0.2, 0) is 4.74 Å². The Kier molecular flexibility index (Phi) is 6.94. The lowest BCUT2D eigenvalue weighted by molar-refractivity contribution is 0.0978. The van der Waals surface area contributed by atoms with Crippen LogP contribution in [0.1, 0.15) is 39.0 Å². The number of hydrogen-bond donors (Lipinski definition) is 0. The van der Waals surface area contributed by atoms with Crippen LogP contribution in [0.15, 0.2) is 0 Å². The van der Waals surface area contributed by atoms with E-state index in [2.05, 4.69) is 27.8 Å². The number of alkyl halides is 1. The second-order valence-corrected chi connectivity index (χ2v) is 5.62. The Labute approximate surface area is 109 Å². The van der Waals surface area contributed by atoms with Crippen molar-refractivity contribution in [1.29, 1.82) is 0 Å². The van der Waals surface area contributed by atoms with Crippen molar-refractivity contribution in [3.05, 3.63) is 0 Å². The van der Waals surface area contributed by atoms with Crippen molar-refractivity contribution in [2.75, 3.05) is 38.7 Å². The molecule has 0 aromatic rings. The minimum atomic E-state index is 0.530. The van der Waals surface area contributed by atoms with E-state index in [-0.39, 0.29) is 0 Å². The van der Waals surface area contributed by atoms with Crippen LogP contribution in [0.2, 0.25) is 0 Å². The predicted octanol–water partition coefficient (Wildman–Crippen LogP) is 3.30. The lowest BCUT2D eigenvalue weighted by Crippen LogP contribution is -2.41. The molecule has 0 aromatic carbocycles. The summed E-state index contributed by atoms with van der Waals surface area (Å²) in [6, 6.07) is 0. The molecule has 1 aliphatic rings. The monoisotopic (exact) mass is 291 g/mol. The first-order valence-electron chi connectivity index (χ1n) is 6.53. The molecule has 1 aliphatic carbocycles. The molecule has 1 rings (SSSR count).